The summed E-state index contributed by atoms with van der Waals surface area (Å²) in [6, 6.07) is 6.88. The van der Waals surface area contributed by atoms with Gasteiger partial charge in [-0.2, -0.15) is 0 Å². The van der Waals surface area contributed by atoms with Crippen molar-refractivity contribution in [3.63, 3.8) is 0 Å². The topological polar surface area (TPSA) is 55.5 Å². The Morgan fingerprint density at radius 3 is 2.31 bits per heavy atom. The Bertz CT molecular complexity index is 265. The van der Waals surface area contributed by atoms with Gasteiger partial charge in [0.1, 0.15) is 11.4 Å². The maximum Gasteiger partial charge on any atom is 0.115 e. The molecule has 1 rings (SSSR count). The van der Waals surface area contributed by atoms with Gasteiger partial charge in [-0.05, 0) is 24.6 Å². The zero-order chi connectivity index (χ0) is 9.90. The number of ether oxygens (including phenoxy) is 1. The highest BCUT2D eigenvalue weighted by atomic mass is 16.5. The Balaban J connectivity index is 2.99. The summed E-state index contributed by atoms with van der Waals surface area (Å²) in [5.41, 5.74) is 6.10. The minimum Gasteiger partial charge on any atom is -0.508 e. The van der Waals surface area contributed by atoms with Gasteiger partial charge in [0.2, 0.25) is 0 Å². The van der Waals surface area contributed by atoms with E-state index < -0.39 is 5.60 Å². The average Bonchev–Trinajstić information content (AvgIpc) is 2.18. The fourth-order valence-corrected chi connectivity index (χ4v) is 1.13. The van der Waals surface area contributed by atoms with Crippen LogP contribution in [0.15, 0.2) is 24.3 Å². The predicted octanol–water partition coefficient (Wildman–Crippen LogP) is 1.21. The van der Waals surface area contributed by atoms with Crippen LogP contribution in [0, 0.1) is 0 Å². The van der Waals surface area contributed by atoms with Crippen molar-refractivity contribution in [3.8, 4) is 5.75 Å². The van der Waals surface area contributed by atoms with Crippen molar-refractivity contribution in [2.45, 2.75) is 12.5 Å². The molecule has 1 aromatic rings. The maximum atomic E-state index is 9.10. The molecule has 0 amide bonds. The monoisotopic (exact) mass is 181 g/mol. The predicted molar refractivity (Wildman–Crippen MR) is 51.5 cm³/mol. The second kappa shape index (κ2) is 3.77. The summed E-state index contributed by atoms with van der Waals surface area (Å²) < 4.78 is 5.31. The number of rotatable bonds is 3. The summed E-state index contributed by atoms with van der Waals surface area (Å²) in [5.74, 6) is 0.249. The van der Waals surface area contributed by atoms with E-state index in [1.165, 1.54) is 0 Å². The molecule has 0 bridgehead atoms. The van der Waals surface area contributed by atoms with Gasteiger partial charge in [0, 0.05) is 13.7 Å². The van der Waals surface area contributed by atoms with Crippen molar-refractivity contribution in [1.82, 2.24) is 0 Å². The van der Waals surface area contributed by atoms with Crippen molar-refractivity contribution >= 4 is 0 Å². The molecule has 1 atom stereocenters. The summed E-state index contributed by atoms with van der Waals surface area (Å²) in [5, 5.41) is 9.10. The van der Waals surface area contributed by atoms with E-state index in [0.717, 1.165) is 5.56 Å². The highest BCUT2D eigenvalue weighted by molar-refractivity contribution is 5.29. The molecule has 0 spiro atoms. The number of aromatic hydroxyl groups is 1. The van der Waals surface area contributed by atoms with Crippen LogP contribution in [-0.2, 0) is 10.3 Å². The Kier molecular flexibility index (Phi) is 2.90. The van der Waals surface area contributed by atoms with E-state index in [1.54, 1.807) is 19.2 Å². The Morgan fingerprint density at radius 1 is 1.38 bits per heavy atom. The Hall–Kier alpha value is -1.06. The first-order valence-corrected chi connectivity index (χ1v) is 4.17. The van der Waals surface area contributed by atoms with Gasteiger partial charge >= 0.3 is 0 Å². The maximum absolute atomic E-state index is 9.10. The molecule has 0 aromatic heterocycles. The quantitative estimate of drug-likeness (QED) is 0.737. The van der Waals surface area contributed by atoms with Gasteiger partial charge in [0.25, 0.3) is 0 Å². The van der Waals surface area contributed by atoms with Crippen molar-refractivity contribution in [2.24, 2.45) is 5.73 Å². The SMILES string of the molecule is COC(C)(CN)c1ccc(O)cc1. The molecule has 0 heterocycles. The molecular weight excluding hydrogens is 166 g/mol. The molecule has 0 radical (unpaired) electrons. The average molecular weight is 181 g/mol. The van der Waals surface area contributed by atoms with Crippen LogP contribution < -0.4 is 5.73 Å². The lowest BCUT2D eigenvalue weighted by Crippen LogP contribution is -2.33. The van der Waals surface area contributed by atoms with E-state index >= 15 is 0 Å². The normalized spacial score (nSPS) is 15.3. The van der Waals surface area contributed by atoms with Gasteiger partial charge in [-0.25, -0.2) is 0 Å². The first-order valence-electron chi connectivity index (χ1n) is 4.17. The third kappa shape index (κ3) is 1.99. The number of benzene rings is 1. The zero-order valence-electron chi connectivity index (χ0n) is 7.95. The summed E-state index contributed by atoms with van der Waals surface area (Å²) in [4.78, 5) is 0. The summed E-state index contributed by atoms with van der Waals surface area (Å²) in [7, 11) is 1.62. The van der Waals surface area contributed by atoms with Crippen molar-refractivity contribution in [2.75, 3.05) is 13.7 Å². The van der Waals surface area contributed by atoms with Crippen molar-refractivity contribution < 1.29 is 9.84 Å². The second-order valence-corrected chi connectivity index (χ2v) is 3.19. The van der Waals surface area contributed by atoms with E-state index in [2.05, 4.69) is 0 Å². The molecule has 3 nitrogen and oxygen atoms in total. The Morgan fingerprint density at radius 2 is 1.92 bits per heavy atom. The van der Waals surface area contributed by atoms with E-state index in [1.807, 2.05) is 19.1 Å². The minimum atomic E-state index is -0.465. The standard InChI is InChI=1S/C10H15NO2/c1-10(7-11,13-2)8-3-5-9(12)6-4-8/h3-6,12H,7,11H2,1-2H3. The lowest BCUT2D eigenvalue weighted by molar-refractivity contribution is 0.0101. The van der Waals surface area contributed by atoms with Gasteiger partial charge in [0.15, 0.2) is 0 Å². The molecule has 0 saturated heterocycles. The highest BCUT2D eigenvalue weighted by Gasteiger charge is 2.23. The van der Waals surface area contributed by atoms with Crippen LogP contribution in [0.5, 0.6) is 5.75 Å². The number of phenolic OH excluding ortho intramolecular Hbond substituents is 1. The molecule has 3 heteroatoms. The van der Waals surface area contributed by atoms with Gasteiger partial charge in [-0.1, -0.05) is 12.1 Å². The molecule has 3 N–H and O–H groups in total. The summed E-state index contributed by atoms with van der Waals surface area (Å²) >= 11 is 0. The van der Waals surface area contributed by atoms with Crippen molar-refractivity contribution in [1.29, 1.82) is 0 Å². The van der Waals surface area contributed by atoms with Gasteiger partial charge in [-0.15, -0.1) is 0 Å². The van der Waals surface area contributed by atoms with E-state index in [-0.39, 0.29) is 5.75 Å². The molecule has 13 heavy (non-hydrogen) atoms. The van der Waals surface area contributed by atoms with E-state index in [0.29, 0.717) is 6.54 Å². The number of phenols is 1. The fraction of sp³-hybridized carbons (Fsp3) is 0.400. The van der Waals surface area contributed by atoms with Crippen LogP contribution in [0.1, 0.15) is 12.5 Å². The fourth-order valence-electron chi connectivity index (χ4n) is 1.13. The summed E-state index contributed by atoms with van der Waals surface area (Å²) in [6.07, 6.45) is 0. The smallest absolute Gasteiger partial charge is 0.115 e. The molecule has 0 aliphatic heterocycles. The van der Waals surface area contributed by atoms with Crippen LogP contribution in [-0.4, -0.2) is 18.8 Å². The molecule has 0 aliphatic carbocycles. The Labute approximate surface area is 78.1 Å². The van der Waals surface area contributed by atoms with Gasteiger partial charge in [-0.3, -0.25) is 0 Å². The first kappa shape index (κ1) is 10.0. The van der Waals surface area contributed by atoms with Crippen LogP contribution in [0.25, 0.3) is 0 Å². The number of methoxy groups -OCH3 is 1. The zero-order valence-corrected chi connectivity index (χ0v) is 7.95. The largest absolute Gasteiger partial charge is 0.508 e. The van der Waals surface area contributed by atoms with Crippen LogP contribution in [0.2, 0.25) is 0 Å². The van der Waals surface area contributed by atoms with Gasteiger partial charge in [0.05, 0.1) is 0 Å². The molecule has 0 saturated carbocycles. The molecule has 1 aromatic carbocycles. The molecule has 0 fully saturated rings. The minimum absolute atomic E-state index is 0.249. The highest BCUT2D eigenvalue weighted by Crippen LogP contribution is 2.24. The van der Waals surface area contributed by atoms with Crippen LogP contribution in [0.4, 0.5) is 0 Å². The third-order valence-electron chi connectivity index (χ3n) is 2.32. The molecule has 1 unspecified atom stereocenters. The number of hydrogen-bond donors (Lipinski definition) is 2. The third-order valence-corrected chi connectivity index (χ3v) is 2.32. The lowest BCUT2D eigenvalue weighted by atomic mass is 9.96. The van der Waals surface area contributed by atoms with Gasteiger partial charge < -0.3 is 15.6 Å². The van der Waals surface area contributed by atoms with E-state index in [4.69, 9.17) is 15.6 Å². The van der Waals surface area contributed by atoms with Crippen LogP contribution >= 0.6 is 0 Å². The number of nitrogens with two attached hydrogens (primary N) is 1. The second-order valence-electron chi connectivity index (χ2n) is 3.19. The molecular formula is C10H15NO2. The van der Waals surface area contributed by atoms with E-state index in [9.17, 15) is 0 Å². The molecule has 72 valence electrons. The van der Waals surface area contributed by atoms with Crippen molar-refractivity contribution in [3.05, 3.63) is 29.8 Å². The molecule has 0 aliphatic rings. The summed E-state index contributed by atoms with van der Waals surface area (Å²) in [6.45, 7) is 2.33. The number of hydrogen-bond acceptors (Lipinski definition) is 3. The lowest BCUT2D eigenvalue weighted by Gasteiger charge is -2.26. The first-order chi connectivity index (χ1) is 6.12. The van der Waals surface area contributed by atoms with Crippen LogP contribution in [0.3, 0.4) is 0 Å².